The van der Waals surface area contributed by atoms with Gasteiger partial charge in [-0.05, 0) is 73.1 Å². The standard InChI is InChI=1S/C24H32O7/c1-24-9-8-15-14-5-3-13(30-23-22(29)21(28)20(27)18(11-25)31-23)10-12(14)2-4-16(15)17(24)6-7-19(24)26/h3,5,10,15-18,20-23,25,27-29H,2,4,6-9,11H2,1H3. The second-order valence-corrected chi connectivity index (χ2v) is 10.0. The normalized spacial score (nSPS) is 44.4. The van der Waals surface area contributed by atoms with E-state index in [0.717, 1.165) is 38.5 Å². The fraction of sp³-hybridized carbons (Fsp3) is 0.708. The third-order valence-electron chi connectivity index (χ3n) is 8.51. The van der Waals surface area contributed by atoms with E-state index in [1.54, 1.807) is 0 Å². The van der Waals surface area contributed by atoms with Gasteiger partial charge in [0.1, 0.15) is 35.9 Å². The first kappa shape index (κ1) is 21.3. The predicted octanol–water partition coefficient (Wildman–Crippen LogP) is 1.29. The minimum absolute atomic E-state index is 0.134. The first-order valence-corrected chi connectivity index (χ1v) is 11.5. The number of fused-ring (bicyclic) bond motifs is 5. The molecule has 0 amide bonds. The number of hydrogen-bond acceptors (Lipinski definition) is 7. The summed E-state index contributed by atoms with van der Waals surface area (Å²) in [6.07, 6.45) is -0.736. The molecule has 170 valence electrons. The van der Waals surface area contributed by atoms with Gasteiger partial charge in [-0.15, -0.1) is 0 Å². The molecule has 2 saturated carbocycles. The van der Waals surface area contributed by atoms with Crippen LogP contribution in [0.25, 0.3) is 0 Å². The number of carbonyl (C=O) groups excluding carboxylic acids is 1. The second kappa shape index (κ2) is 7.81. The number of carbonyl (C=O) groups is 1. The van der Waals surface area contributed by atoms with Crippen LogP contribution in [0.5, 0.6) is 5.75 Å². The van der Waals surface area contributed by atoms with Crippen molar-refractivity contribution in [2.75, 3.05) is 6.61 Å². The van der Waals surface area contributed by atoms with Crippen molar-refractivity contribution in [2.24, 2.45) is 17.3 Å². The summed E-state index contributed by atoms with van der Waals surface area (Å²) in [7, 11) is 0. The molecule has 31 heavy (non-hydrogen) atoms. The smallest absolute Gasteiger partial charge is 0.229 e. The fourth-order valence-electron chi connectivity index (χ4n) is 6.70. The van der Waals surface area contributed by atoms with E-state index in [1.165, 1.54) is 11.1 Å². The molecule has 1 aromatic rings. The highest BCUT2D eigenvalue weighted by Gasteiger charge is 2.54. The lowest BCUT2D eigenvalue weighted by molar-refractivity contribution is -0.277. The Hall–Kier alpha value is -1.51. The molecule has 3 aliphatic carbocycles. The van der Waals surface area contributed by atoms with Crippen LogP contribution in [0.4, 0.5) is 0 Å². The van der Waals surface area contributed by atoms with Crippen molar-refractivity contribution in [3.05, 3.63) is 29.3 Å². The van der Waals surface area contributed by atoms with Crippen molar-refractivity contribution in [3.63, 3.8) is 0 Å². The third-order valence-corrected chi connectivity index (χ3v) is 8.51. The molecule has 1 heterocycles. The highest BCUT2D eigenvalue weighted by Crippen LogP contribution is 2.59. The lowest BCUT2D eigenvalue weighted by atomic mass is 9.55. The topological polar surface area (TPSA) is 116 Å². The van der Waals surface area contributed by atoms with Crippen molar-refractivity contribution < 1.29 is 34.7 Å². The first-order chi connectivity index (χ1) is 14.8. The fourth-order valence-corrected chi connectivity index (χ4v) is 6.70. The molecule has 4 aliphatic rings. The maximum Gasteiger partial charge on any atom is 0.229 e. The average molecular weight is 433 g/mol. The molecule has 7 heteroatoms. The number of aliphatic hydroxyl groups excluding tert-OH is 4. The SMILES string of the molecule is CC12CCC3c4ccc(OC5OC(CO)C(O)C(O)C5O)cc4CCC3C1CCC2=O. The van der Waals surface area contributed by atoms with Crippen LogP contribution >= 0.6 is 0 Å². The molecule has 1 saturated heterocycles. The van der Waals surface area contributed by atoms with E-state index >= 15 is 0 Å². The Bertz CT molecular complexity index is 854. The van der Waals surface area contributed by atoms with Gasteiger partial charge >= 0.3 is 0 Å². The molecular formula is C24H32O7. The van der Waals surface area contributed by atoms with Crippen molar-refractivity contribution in [2.45, 2.75) is 82.1 Å². The van der Waals surface area contributed by atoms with Crippen molar-refractivity contribution in [1.82, 2.24) is 0 Å². The Labute approximate surface area is 182 Å². The van der Waals surface area contributed by atoms with Crippen LogP contribution in [0.15, 0.2) is 18.2 Å². The monoisotopic (exact) mass is 432 g/mol. The van der Waals surface area contributed by atoms with Crippen LogP contribution in [0, 0.1) is 17.3 Å². The molecule has 9 unspecified atom stereocenters. The predicted molar refractivity (Wildman–Crippen MR) is 110 cm³/mol. The lowest BCUT2D eigenvalue weighted by Gasteiger charge is -2.48. The summed E-state index contributed by atoms with van der Waals surface area (Å²) in [6, 6.07) is 5.92. The van der Waals surface area contributed by atoms with Crippen molar-refractivity contribution >= 4 is 5.78 Å². The quantitative estimate of drug-likeness (QED) is 0.569. The number of rotatable bonds is 3. The lowest BCUT2D eigenvalue weighted by Crippen LogP contribution is -2.60. The van der Waals surface area contributed by atoms with Gasteiger partial charge in [0.15, 0.2) is 0 Å². The summed E-state index contributed by atoms with van der Waals surface area (Å²) in [4.78, 5) is 12.5. The highest BCUT2D eigenvalue weighted by atomic mass is 16.7. The molecule has 0 spiro atoms. The van der Waals surface area contributed by atoms with Crippen LogP contribution in [-0.4, -0.2) is 63.5 Å². The number of benzene rings is 1. The zero-order valence-electron chi connectivity index (χ0n) is 17.8. The van der Waals surface area contributed by atoms with Gasteiger partial charge in [0.05, 0.1) is 6.61 Å². The first-order valence-electron chi connectivity index (χ1n) is 11.5. The molecule has 1 aliphatic heterocycles. The molecule has 5 rings (SSSR count). The van der Waals surface area contributed by atoms with Gasteiger partial charge in [-0.25, -0.2) is 0 Å². The zero-order chi connectivity index (χ0) is 21.9. The molecule has 4 N–H and O–H groups in total. The van der Waals surface area contributed by atoms with Crippen LogP contribution in [-0.2, 0) is 16.0 Å². The van der Waals surface area contributed by atoms with E-state index in [4.69, 9.17) is 9.47 Å². The van der Waals surface area contributed by atoms with Gasteiger partial charge < -0.3 is 29.9 Å². The molecule has 3 fully saturated rings. The van der Waals surface area contributed by atoms with Crippen LogP contribution in [0.2, 0.25) is 0 Å². The van der Waals surface area contributed by atoms with E-state index in [1.807, 2.05) is 12.1 Å². The number of ketones is 1. The number of aliphatic hydroxyl groups is 4. The van der Waals surface area contributed by atoms with E-state index in [0.29, 0.717) is 29.3 Å². The molecule has 0 bridgehead atoms. The Morgan fingerprint density at radius 1 is 1.10 bits per heavy atom. The largest absolute Gasteiger partial charge is 0.462 e. The van der Waals surface area contributed by atoms with Gasteiger partial charge in [0.2, 0.25) is 6.29 Å². The Morgan fingerprint density at radius 3 is 2.68 bits per heavy atom. The highest BCUT2D eigenvalue weighted by molar-refractivity contribution is 5.87. The van der Waals surface area contributed by atoms with Gasteiger partial charge in [0.25, 0.3) is 0 Å². The molecule has 0 aromatic heterocycles. The summed E-state index contributed by atoms with van der Waals surface area (Å²) < 4.78 is 11.3. The summed E-state index contributed by atoms with van der Waals surface area (Å²) in [5, 5.41) is 39.5. The zero-order valence-corrected chi connectivity index (χ0v) is 17.8. The molecule has 7 nitrogen and oxygen atoms in total. The van der Waals surface area contributed by atoms with Gasteiger partial charge in [-0.2, -0.15) is 0 Å². The number of hydrogen-bond donors (Lipinski definition) is 4. The number of ether oxygens (including phenoxy) is 2. The van der Waals surface area contributed by atoms with Crippen LogP contribution < -0.4 is 4.74 Å². The maximum atomic E-state index is 12.5. The summed E-state index contributed by atoms with van der Waals surface area (Å²) in [5.74, 6) is 2.48. The minimum atomic E-state index is -1.46. The molecular weight excluding hydrogens is 400 g/mol. The summed E-state index contributed by atoms with van der Waals surface area (Å²) in [6.45, 7) is 1.69. The van der Waals surface area contributed by atoms with Crippen LogP contribution in [0.1, 0.15) is 56.1 Å². The Morgan fingerprint density at radius 2 is 1.90 bits per heavy atom. The van der Waals surface area contributed by atoms with Crippen LogP contribution in [0.3, 0.4) is 0 Å². The molecule has 0 radical (unpaired) electrons. The maximum absolute atomic E-state index is 12.5. The van der Waals surface area contributed by atoms with Gasteiger partial charge in [-0.3, -0.25) is 4.79 Å². The number of aryl methyl sites for hydroxylation is 1. The van der Waals surface area contributed by atoms with Gasteiger partial charge in [-0.1, -0.05) is 13.0 Å². The Kier molecular flexibility index (Phi) is 5.38. The third kappa shape index (κ3) is 3.33. The average Bonchev–Trinajstić information content (AvgIpc) is 3.08. The summed E-state index contributed by atoms with van der Waals surface area (Å²) in [5.41, 5.74) is 2.42. The minimum Gasteiger partial charge on any atom is -0.462 e. The Balaban J connectivity index is 1.34. The number of Topliss-reactive ketones (excluding diaryl/α,β-unsaturated/α-hetero) is 1. The van der Waals surface area contributed by atoms with Crippen molar-refractivity contribution in [3.8, 4) is 5.75 Å². The van der Waals surface area contributed by atoms with E-state index in [9.17, 15) is 25.2 Å². The van der Waals surface area contributed by atoms with E-state index in [-0.39, 0.29) is 5.41 Å². The van der Waals surface area contributed by atoms with E-state index < -0.39 is 37.3 Å². The molecule has 9 atom stereocenters. The van der Waals surface area contributed by atoms with Crippen molar-refractivity contribution in [1.29, 1.82) is 0 Å². The molecule has 1 aromatic carbocycles. The van der Waals surface area contributed by atoms with Gasteiger partial charge in [0, 0.05) is 11.8 Å². The second-order valence-electron chi connectivity index (χ2n) is 10.0. The summed E-state index contributed by atoms with van der Waals surface area (Å²) >= 11 is 0. The van der Waals surface area contributed by atoms with E-state index in [2.05, 4.69) is 13.0 Å².